The molecule has 4 heteroatoms. The van der Waals surface area contributed by atoms with Gasteiger partial charge >= 0.3 is 0 Å². The van der Waals surface area contributed by atoms with E-state index in [4.69, 9.17) is 0 Å². The third-order valence-corrected chi connectivity index (χ3v) is 4.26. The lowest BCUT2D eigenvalue weighted by Crippen LogP contribution is -2.36. The zero-order valence-electron chi connectivity index (χ0n) is 10.1. The molecule has 1 aliphatic rings. The summed E-state index contributed by atoms with van der Waals surface area (Å²) in [4.78, 5) is 4.51. The molecule has 90 valence electrons. The molecule has 0 aliphatic carbocycles. The van der Waals surface area contributed by atoms with E-state index in [2.05, 4.69) is 34.8 Å². The quantitative estimate of drug-likeness (QED) is 0.845. The van der Waals surface area contributed by atoms with Crippen LogP contribution in [0.5, 0.6) is 0 Å². The number of thiazole rings is 1. The zero-order chi connectivity index (χ0) is 11.4. The van der Waals surface area contributed by atoms with E-state index in [-0.39, 0.29) is 0 Å². The highest BCUT2D eigenvalue weighted by atomic mass is 32.1. The second-order valence-electron chi connectivity index (χ2n) is 4.67. The van der Waals surface area contributed by atoms with Gasteiger partial charge in [0.15, 0.2) is 0 Å². The largest absolute Gasteiger partial charge is 0.316 e. The highest BCUT2D eigenvalue weighted by Crippen LogP contribution is 2.18. The van der Waals surface area contributed by atoms with Crippen molar-refractivity contribution in [2.24, 2.45) is 5.92 Å². The maximum absolute atomic E-state index is 4.51. The van der Waals surface area contributed by atoms with E-state index in [0.717, 1.165) is 24.7 Å². The van der Waals surface area contributed by atoms with Crippen molar-refractivity contribution in [1.29, 1.82) is 0 Å². The summed E-state index contributed by atoms with van der Waals surface area (Å²) in [6.07, 6.45) is 2.67. The topological polar surface area (TPSA) is 37.0 Å². The van der Waals surface area contributed by atoms with Crippen LogP contribution >= 0.6 is 11.3 Å². The number of hydrogen-bond acceptors (Lipinski definition) is 4. The molecule has 1 aliphatic heterocycles. The normalized spacial score (nSPS) is 23.2. The van der Waals surface area contributed by atoms with Crippen LogP contribution < -0.4 is 10.6 Å². The molecule has 1 aromatic rings. The summed E-state index contributed by atoms with van der Waals surface area (Å²) < 4.78 is 0. The number of hydrogen-bond donors (Lipinski definition) is 2. The van der Waals surface area contributed by atoms with Crippen molar-refractivity contribution in [2.45, 2.75) is 32.7 Å². The van der Waals surface area contributed by atoms with Crippen molar-refractivity contribution in [3.63, 3.8) is 0 Å². The van der Waals surface area contributed by atoms with Crippen LogP contribution in [0.1, 0.15) is 36.5 Å². The monoisotopic (exact) mass is 239 g/mol. The summed E-state index contributed by atoms with van der Waals surface area (Å²) in [6, 6.07) is 0.389. The standard InChI is InChI=1S/C12H21N3S/c1-9-8-16-12(15-9)10(2)14-7-11-4-3-5-13-6-11/h8,10-11,13-14H,3-7H2,1-2H3. The molecule has 0 aromatic carbocycles. The minimum atomic E-state index is 0.389. The van der Waals surface area contributed by atoms with Crippen LogP contribution in [0.3, 0.4) is 0 Å². The first kappa shape index (κ1) is 12.0. The predicted octanol–water partition coefficient (Wildman–Crippen LogP) is 2.10. The van der Waals surface area contributed by atoms with Gasteiger partial charge < -0.3 is 10.6 Å². The first-order valence-electron chi connectivity index (χ1n) is 6.12. The van der Waals surface area contributed by atoms with Crippen LogP contribution in [0.15, 0.2) is 5.38 Å². The molecule has 2 unspecified atom stereocenters. The molecule has 2 N–H and O–H groups in total. The van der Waals surface area contributed by atoms with Gasteiger partial charge in [-0.1, -0.05) is 0 Å². The second kappa shape index (κ2) is 5.75. The first-order valence-corrected chi connectivity index (χ1v) is 7.00. The third-order valence-electron chi connectivity index (χ3n) is 3.12. The molecule has 2 rings (SSSR count). The van der Waals surface area contributed by atoms with Crippen molar-refractivity contribution in [2.75, 3.05) is 19.6 Å². The lowest BCUT2D eigenvalue weighted by Gasteiger charge is -2.24. The number of piperidine rings is 1. The molecule has 0 spiro atoms. The van der Waals surface area contributed by atoms with Gasteiger partial charge in [0.1, 0.15) is 5.01 Å². The molecule has 2 atom stereocenters. The predicted molar refractivity (Wildman–Crippen MR) is 68.9 cm³/mol. The molecule has 1 fully saturated rings. The summed E-state index contributed by atoms with van der Waals surface area (Å²) in [6.45, 7) is 7.72. The molecule has 16 heavy (non-hydrogen) atoms. The van der Waals surface area contributed by atoms with Crippen LogP contribution in [0.25, 0.3) is 0 Å². The van der Waals surface area contributed by atoms with Gasteiger partial charge in [0.05, 0.1) is 6.04 Å². The van der Waals surface area contributed by atoms with Crippen LogP contribution in [0, 0.1) is 12.8 Å². The Morgan fingerprint density at radius 2 is 2.56 bits per heavy atom. The van der Waals surface area contributed by atoms with Crippen molar-refractivity contribution < 1.29 is 0 Å². The van der Waals surface area contributed by atoms with Crippen molar-refractivity contribution >= 4 is 11.3 Å². The highest BCUT2D eigenvalue weighted by molar-refractivity contribution is 7.09. The van der Waals surface area contributed by atoms with E-state index < -0.39 is 0 Å². The van der Waals surface area contributed by atoms with Crippen molar-refractivity contribution in [3.05, 3.63) is 16.1 Å². The Hall–Kier alpha value is -0.450. The maximum atomic E-state index is 4.51. The fourth-order valence-corrected chi connectivity index (χ4v) is 2.93. The Morgan fingerprint density at radius 3 is 3.19 bits per heavy atom. The second-order valence-corrected chi connectivity index (χ2v) is 5.56. The lowest BCUT2D eigenvalue weighted by atomic mass is 9.99. The van der Waals surface area contributed by atoms with E-state index >= 15 is 0 Å². The van der Waals surface area contributed by atoms with Crippen LogP contribution in [0.4, 0.5) is 0 Å². The van der Waals surface area contributed by atoms with Gasteiger partial charge in [-0.25, -0.2) is 4.98 Å². The highest BCUT2D eigenvalue weighted by Gasteiger charge is 2.15. The van der Waals surface area contributed by atoms with Crippen molar-refractivity contribution in [1.82, 2.24) is 15.6 Å². The summed E-state index contributed by atoms with van der Waals surface area (Å²) in [5, 5.41) is 10.4. The number of aryl methyl sites for hydroxylation is 1. The molecular formula is C12H21N3S. The maximum Gasteiger partial charge on any atom is 0.110 e. The van der Waals surface area contributed by atoms with E-state index in [1.165, 1.54) is 24.4 Å². The van der Waals surface area contributed by atoms with Crippen LogP contribution in [-0.2, 0) is 0 Å². The number of nitrogens with zero attached hydrogens (tertiary/aromatic N) is 1. The fraction of sp³-hybridized carbons (Fsp3) is 0.750. The molecule has 1 saturated heterocycles. The Kier molecular flexibility index (Phi) is 4.32. The Balaban J connectivity index is 1.76. The van der Waals surface area contributed by atoms with Crippen LogP contribution in [0.2, 0.25) is 0 Å². The van der Waals surface area contributed by atoms with Gasteiger partial charge in [0.25, 0.3) is 0 Å². The van der Waals surface area contributed by atoms with Gasteiger partial charge in [0, 0.05) is 11.1 Å². The number of rotatable bonds is 4. The SMILES string of the molecule is Cc1csc(C(C)NCC2CCCNC2)n1. The lowest BCUT2D eigenvalue weighted by molar-refractivity contribution is 0.348. The molecule has 0 radical (unpaired) electrons. The van der Waals surface area contributed by atoms with E-state index in [1.807, 2.05) is 0 Å². The minimum absolute atomic E-state index is 0.389. The van der Waals surface area contributed by atoms with E-state index in [1.54, 1.807) is 11.3 Å². The molecule has 2 heterocycles. The van der Waals surface area contributed by atoms with Gasteiger partial charge in [0.2, 0.25) is 0 Å². The fourth-order valence-electron chi connectivity index (χ4n) is 2.10. The Bertz CT molecular complexity index is 318. The molecular weight excluding hydrogens is 218 g/mol. The average Bonchev–Trinajstić information content (AvgIpc) is 2.74. The van der Waals surface area contributed by atoms with Gasteiger partial charge in [-0.3, -0.25) is 0 Å². The zero-order valence-corrected chi connectivity index (χ0v) is 10.9. The third kappa shape index (κ3) is 3.27. The van der Waals surface area contributed by atoms with E-state index in [0.29, 0.717) is 6.04 Å². The summed E-state index contributed by atoms with van der Waals surface area (Å²) in [7, 11) is 0. The minimum Gasteiger partial charge on any atom is -0.316 e. The van der Waals surface area contributed by atoms with Gasteiger partial charge in [-0.2, -0.15) is 0 Å². The summed E-state index contributed by atoms with van der Waals surface area (Å²) >= 11 is 1.76. The summed E-state index contributed by atoms with van der Waals surface area (Å²) in [5.41, 5.74) is 1.13. The Labute approximate surface area is 102 Å². The van der Waals surface area contributed by atoms with Gasteiger partial charge in [-0.15, -0.1) is 11.3 Å². The van der Waals surface area contributed by atoms with E-state index in [9.17, 15) is 0 Å². The van der Waals surface area contributed by atoms with Crippen LogP contribution in [-0.4, -0.2) is 24.6 Å². The molecule has 0 amide bonds. The molecule has 1 aromatic heterocycles. The first-order chi connectivity index (χ1) is 7.75. The smallest absolute Gasteiger partial charge is 0.110 e. The Morgan fingerprint density at radius 1 is 1.69 bits per heavy atom. The molecule has 0 bridgehead atoms. The number of nitrogens with one attached hydrogen (secondary N) is 2. The van der Waals surface area contributed by atoms with Gasteiger partial charge in [-0.05, 0) is 52.2 Å². The average molecular weight is 239 g/mol. The molecule has 0 saturated carbocycles. The number of aromatic nitrogens is 1. The molecule has 3 nitrogen and oxygen atoms in total. The summed E-state index contributed by atoms with van der Waals surface area (Å²) in [5.74, 6) is 0.789. The van der Waals surface area contributed by atoms with Crippen molar-refractivity contribution in [3.8, 4) is 0 Å².